The molecule has 2 fully saturated rings. The molecule has 0 spiro atoms. The first-order chi connectivity index (χ1) is 10.4. The van der Waals surface area contributed by atoms with E-state index in [1.54, 1.807) is 0 Å². The molecule has 0 aliphatic carbocycles. The summed E-state index contributed by atoms with van der Waals surface area (Å²) in [7, 11) is 0. The van der Waals surface area contributed by atoms with E-state index in [9.17, 15) is 0 Å². The lowest BCUT2D eigenvalue weighted by Crippen LogP contribution is -2.22. The first-order valence-electron chi connectivity index (χ1n) is 7.92. The van der Waals surface area contributed by atoms with Gasteiger partial charge in [-0.3, -0.25) is 0 Å². The zero-order valence-electron chi connectivity index (χ0n) is 12.2. The Kier molecular flexibility index (Phi) is 4.12. The molecule has 2 atom stereocenters. The Morgan fingerprint density at radius 2 is 1.95 bits per heavy atom. The molecule has 2 aromatic rings. The second-order valence-corrected chi connectivity index (χ2v) is 8.27. The molecule has 2 unspecified atom stereocenters. The lowest BCUT2D eigenvalue weighted by molar-refractivity contribution is 0.469. The molecule has 112 valence electrons. The summed E-state index contributed by atoms with van der Waals surface area (Å²) in [5, 5.41) is 0. The van der Waals surface area contributed by atoms with Crippen molar-refractivity contribution in [3.63, 3.8) is 0 Å². The van der Waals surface area contributed by atoms with E-state index in [4.69, 9.17) is 4.98 Å². The van der Waals surface area contributed by atoms with E-state index in [0.717, 1.165) is 11.2 Å². The van der Waals surface area contributed by atoms with Crippen LogP contribution in [0.15, 0.2) is 18.3 Å². The zero-order chi connectivity index (χ0) is 14.1. The van der Waals surface area contributed by atoms with Crippen LogP contribution in [0.3, 0.4) is 0 Å². The van der Waals surface area contributed by atoms with Crippen LogP contribution in [-0.4, -0.2) is 37.5 Å². The minimum atomic E-state index is 0.588. The Balaban J connectivity index is 1.79. The van der Waals surface area contributed by atoms with E-state index >= 15 is 0 Å². The molecule has 2 aliphatic rings. The number of pyridine rings is 1. The number of thioether (sulfide) groups is 2. The number of nitrogens with zero attached hydrogens (tertiary/aromatic N) is 3. The maximum Gasteiger partial charge on any atom is 0.160 e. The smallest absolute Gasteiger partial charge is 0.160 e. The summed E-state index contributed by atoms with van der Waals surface area (Å²) in [4.78, 5) is 9.65. The summed E-state index contributed by atoms with van der Waals surface area (Å²) in [6, 6.07) is 4.72. The third-order valence-electron chi connectivity index (χ3n) is 4.50. The van der Waals surface area contributed by atoms with Crippen molar-refractivity contribution >= 4 is 34.7 Å². The van der Waals surface area contributed by atoms with E-state index in [2.05, 4.69) is 39.1 Å². The predicted molar refractivity (Wildman–Crippen MR) is 92.4 cm³/mol. The van der Waals surface area contributed by atoms with Gasteiger partial charge in [0.2, 0.25) is 0 Å². The molecule has 0 saturated carbocycles. The molecule has 2 aromatic heterocycles. The van der Waals surface area contributed by atoms with Crippen molar-refractivity contribution in [3.8, 4) is 0 Å². The highest BCUT2D eigenvalue weighted by Crippen LogP contribution is 2.37. The van der Waals surface area contributed by atoms with Gasteiger partial charge in [-0.2, -0.15) is 23.5 Å². The summed E-state index contributed by atoms with van der Waals surface area (Å²) in [5.74, 6) is 6.99. The highest BCUT2D eigenvalue weighted by Gasteiger charge is 2.27. The predicted octanol–water partition coefficient (Wildman–Crippen LogP) is 4.11. The van der Waals surface area contributed by atoms with Gasteiger partial charge in [-0.1, -0.05) is 0 Å². The standard InChI is InChI=1S/C16H21N3S2/c1-6-14-16(17-7-1)19(13-5-3-9-21-11-13)15(18-14)12-4-2-8-20-10-12/h1,6-7,12-13H,2-5,8-11H2. The van der Waals surface area contributed by atoms with Crippen LogP contribution >= 0.6 is 23.5 Å². The largest absolute Gasteiger partial charge is 0.308 e. The minimum absolute atomic E-state index is 0.588. The molecule has 0 N–H and O–H groups in total. The van der Waals surface area contributed by atoms with E-state index < -0.39 is 0 Å². The van der Waals surface area contributed by atoms with Gasteiger partial charge in [-0.25, -0.2) is 9.97 Å². The maximum atomic E-state index is 4.99. The van der Waals surface area contributed by atoms with Gasteiger partial charge in [0.1, 0.15) is 11.3 Å². The van der Waals surface area contributed by atoms with Crippen molar-refractivity contribution < 1.29 is 0 Å². The minimum Gasteiger partial charge on any atom is -0.308 e. The molecule has 0 radical (unpaired) electrons. The molecular weight excluding hydrogens is 298 g/mol. The second-order valence-electron chi connectivity index (χ2n) is 5.97. The zero-order valence-corrected chi connectivity index (χ0v) is 13.8. The molecule has 4 heterocycles. The van der Waals surface area contributed by atoms with Gasteiger partial charge in [-0.05, 0) is 49.3 Å². The topological polar surface area (TPSA) is 30.7 Å². The van der Waals surface area contributed by atoms with Gasteiger partial charge in [0.25, 0.3) is 0 Å². The van der Waals surface area contributed by atoms with Crippen molar-refractivity contribution in [3.05, 3.63) is 24.2 Å². The molecule has 3 nitrogen and oxygen atoms in total. The summed E-state index contributed by atoms with van der Waals surface area (Å²) < 4.78 is 2.50. The lowest BCUT2D eigenvalue weighted by Gasteiger charge is -2.28. The highest BCUT2D eigenvalue weighted by molar-refractivity contribution is 7.99. The number of hydrogen-bond acceptors (Lipinski definition) is 4. The van der Waals surface area contributed by atoms with Gasteiger partial charge < -0.3 is 4.57 Å². The molecule has 0 aromatic carbocycles. The Hall–Kier alpha value is -0.680. The number of rotatable bonds is 2. The van der Waals surface area contributed by atoms with Crippen LogP contribution in [-0.2, 0) is 0 Å². The molecule has 4 rings (SSSR count). The fraction of sp³-hybridized carbons (Fsp3) is 0.625. The number of hydrogen-bond donors (Lipinski definition) is 0. The van der Waals surface area contributed by atoms with E-state index in [1.807, 2.05) is 12.3 Å². The number of imidazole rings is 1. The fourth-order valence-electron chi connectivity index (χ4n) is 3.47. The first kappa shape index (κ1) is 13.9. The van der Waals surface area contributed by atoms with Crippen molar-refractivity contribution in [2.75, 3.05) is 23.0 Å². The van der Waals surface area contributed by atoms with Gasteiger partial charge in [0, 0.05) is 29.7 Å². The van der Waals surface area contributed by atoms with E-state index in [0.29, 0.717) is 12.0 Å². The summed E-state index contributed by atoms with van der Waals surface area (Å²) in [6.07, 6.45) is 7.13. The molecule has 2 aliphatic heterocycles. The third-order valence-corrected chi connectivity index (χ3v) is 6.92. The summed E-state index contributed by atoms with van der Waals surface area (Å²) in [5.41, 5.74) is 2.19. The quantitative estimate of drug-likeness (QED) is 0.833. The van der Waals surface area contributed by atoms with Crippen LogP contribution in [0, 0.1) is 0 Å². The van der Waals surface area contributed by atoms with Crippen LogP contribution in [0.2, 0.25) is 0 Å². The normalized spacial score (nSPS) is 27.0. The van der Waals surface area contributed by atoms with Crippen LogP contribution in [0.25, 0.3) is 11.2 Å². The van der Waals surface area contributed by atoms with E-state index in [1.165, 1.54) is 54.5 Å². The van der Waals surface area contributed by atoms with Crippen molar-refractivity contribution in [2.45, 2.75) is 37.6 Å². The van der Waals surface area contributed by atoms with Gasteiger partial charge >= 0.3 is 0 Å². The summed E-state index contributed by atoms with van der Waals surface area (Å²) in [6.45, 7) is 0. The third kappa shape index (κ3) is 2.70. The Morgan fingerprint density at radius 1 is 1.10 bits per heavy atom. The van der Waals surface area contributed by atoms with Gasteiger partial charge in [-0.15, -0.1) is 0 Å². The summed E-state index contributed by atoms with van der Waals surface area (Å²) >= 11 is 4.17. The number of fused-ring (bicyclic) bond motifs is 1. The molecule has 21 heavy (non-hydrogen) atoms. The maximum absolute atomic E-state index is 4.99. The second kappa shape index (κ2) is 6.21. The molecule has 5 heteroatoms. The Labute approximate surface area is 134 Å². The Bertz CT molecular complexity index is 613. The van der Waals surface area contributed by atoms with Crippen molar-refractivity contribution in [1.29, 1.82) is 0 Å². The molecular formula is C16H21N3S2. The average Bonchev–Trinajstić information content (AvgIpc) is 2.96. The highest BCUT2D eigenvalue weighted by atomic mass is 32.2. The molecule has 2 saturated heterocycles. The fourth-order valence-corrected chi connectivity index (χ4v) is 5.73. The van der Waals surface area contributed by atoms with Gasteiger partial charge in [0.15, 0.2) is 5.65 Å². The monoisotopic (exact) mass is 319 g/mol. The van der Waals surface area contributed by atoms with Gasteiger partial charge in [0.05, 0.1) is 0 Å². The average molecular weight is 319 g/mol. The van der Waals surface area contributed by atoms with Crippen LogP contribution in [0.4, 0.5) is 0 Å². The molecule has 0 amide bonds. The van der Waals surface area contributed by atoms with Crippen molar-refractivity contribution in [2.24, 2.45) is 0 Å². The molecule has 0 bridgehead atoms. The van der Waals surface area contributed by atoms with E-state index in [-0.39, 0.29) is 0 Å². The first-order valence-corrected chi connectivity index (χ1v) is 10.2. The SMILES string of the molecule is c1cnc2c(c1)nc(C1CCCSC1)n2C1CCCSC1. The van der Waals surface area contributed by atoms with Crippen LogP contribution < -0.4 is 0 Å². The lowest BCUT2D eigenvalue weighted by atomic mass is 10.0. The van der Waals surface area contributed by atoms with Crippen molar-refractivity contribution in [1.82, 2.24) is 14.5 Å². The van der Waals surface area contributed by atoms with Crippen LogP contribution in [0.5, 0.6) is 0 Å². The number of aromatic nitrogens is 3. The Morgan fingerprint density at radius 3 is 2.71 bits per heavy atom. The van der Waals surface area contributed by atoms with Crippen LogP contribution in [0.1, 0.15) is 43.5 Å².